The Balaban J connectivity index is 1.72. The van der Waals surface area contributed by atoms with Crippen molar-refractivity contribution in [2.24, 2.45) is 0 Å². The molecule has 1 amide bonds. The fourth-order valence-corrected chi connectivity index (χ4v) is 3.45. The molecule has 2 nitrogen and oxygen atoms in total. The number of rotatable bonds is 3. The quantitative estimate of drug-likeness (QED) is 0.778. The largest absolute Gasteiger partial charge is 0.349 e. The maximum absolute atomic E-state index is 12.5. The molecule has 2 aromatic rings. The third kappa shape index (κ3) is 2.98. The summed E-state index contributed by atoms with van der Waals surface area (Å²) in [7, 11) is 0. The number of nitrogens with one attached hydrogen (secondary N) is 1. The molecule has 108 valence electrons. The zero-order valence-electron chi connectivity index (χ0n) is 12.0. The second kappa shape index (κ2) is 6.18. The van der Waals surface area contributed by atoms with Crippen LogP contribution in [0.5, 0.6) is 0 Å². The maximum Gasteiger partial charge on any atom is 0.252 e. The summed E-state index contributed by atoms with van der Waals surface area (Å²) in [6, 6.07) is 16.6. The van der Waals surface area contributed by atoms with Crippen LogP contribution in [0.2, 0.25) is 0 Å². The van der Waals surface area contributed by atoms with Gasteiger partial charge >= 0.3 is 0 Å². The summed E-state index contributed by atoms with van der Waals surface area (Å²) >= 11 is 2.25. The van der Waals surface area contributed by atoms with Gasteiger partial charge in [-0.05, 0) is 59.5 Å². The second-order valence-corrected chi connectivity index (χ2v) is 6.69. The molecular formula is C18H18INO. The van der Waals surface area contributed by atoms with Crippen LogP contribution in [-0.2, 0) is 0 Å². The van der Waals surface area contributed by atoms with E-state index in [1.807, 2.05) is 31.2 Å². The lowest BCUT2D eigenvalue weighted by atomic mass is 9.75. The Morgan fingerprint density at radius 2 is 1.86 bits per heavy atom. The van der Waals surface area contributed by atoms with Crippen LogP contribution in [0.25, 0.3) is 0 Å². The zero-order valence-corrected chi connectivity index (χ0v) is 14.1. The van der Waals surface area contributed by atoms with Crippen LogP contribution in [0.3, 0.4) is 0 Å². The molecule has 0 unspecified atom stereocenters. The summed E-state index contributed by atoms with van der Waals surface area (Å²) in [6.45, 7) is 2.04. The van der Waals surface area contributed by atoms with Gasteiger partial charge in [0.05, 0.1) is 5.56 Å². The Kier molecular flexibility index (Phi) is 4.29. The van der Waals surface area contributed by atoms with Crippen molar-refractivity contribution in [1.82, 2.24) is 5.32 Å². The molecule has 0 aromatic heterocycles. The molecule has 3 rings (SSSR count). The average molecular weight is 391 g/mol. The van der Waals surface area contributed by atoms with Crippen molar-refractivity contribution in [2.75, 3.05) is 0 Å². The van der Waals surface area contributed by atoms with E-state index in [0.29, 0.717) is 5.92 Å². The van der Waals surface area contributed by atoms with Crippen LogP contribution < -0.4 is 5.32 Å². The van der Waals surface area contributed by atoms with Crippen molar-refractivity contribution in [3.63, 3.8) is 0 Å². The third-order valence-corrected chi connectivity index (χ3v) is 5.69. The van der Waals surface area contributed by atoms with E-state index in [1.54, 1.807) is 0 Å². The number of amides is 1. The number of hydrogen-bond acceptors (Lipinski definition) is 1. The summed E-state index contributed by atoms with van der Waals surface area (Å²) in [4.78, 5) is 12.5. The fraction of sp³-hybridized carbons (Fsp3) is 0.278. The molecule has 0 spiro atoms. The minimum Gasteiger partial charge on any atom is -0.349 e. The molecule has 1 N–H and O–H groups in total. The predicted octanol–water partition coefficient (Wildman–Crippen LogP) is 4.28. The smallest absolute Gasteiger partial charge is 0.252 e. The molecule has 3 heteroatoms. The Morgan fingerprint density at radius 3 is 2.52 bits per heavy atom. The number of aryl methyl sites for hydroxylation is 1. The van der Waals surface area contributed by atoms with Crippen molar-refractivity contribution in [2.45, 2.75) is 31.7 Å². The summed E-state index contributed by atoms with van der Waals surface area (Å²) in [5.41, 5.74) is 3.26. The zero-order chi connectivity index (χ0) is 14.8. The molecule has 0 heterocycles. The van der Waals surface area contributed by atoms with Crippen molar-refractivity contribution in [1.29, 1.82) is 0 Å². The van der Waals surface area contributed by atoms with Crippen molar-refractivity contribution in [3.8, 4) is 0 Å². The number of benzene rings is 2. The lowest BCUT2D eigenvalue weighted by molar-refractivity contribution is 0.0903. The number of hydrogen-bond donors (Lipinski definition) is 1. The highest BCUT2D eigenvalue weighted by molar-refractivity contribution is 14.1. The van der Waals surface area contributed by atoms with Crippen molar-refractivity contribution in [3.05, 3.63) is 68.8 Å². The van der Waals surface area contributed by atoms with Gasteiger partial charge in [0.1, 0.15) is 0 Å². The lowest BCUT2D eigenvalue weighted by Gasteiger charge is -2.37. The standard InChI is InChI=1S/C18H18INO/c1-12-6-5-9-15(17(12)19)18(21)20-16-11-10-14(16)13-7-3-2-4-8-13/h2-9,14,16H,10-11H2,1H3,(H,20,21)/t14-,16-/m1/s1. The number of halogens is 1. The van der Waals surface area contributed by atoms with E-state index in [4.69, 9.17) is 0 Å². The van der Waals surface area contributed by atoms with Gasteiger partial charge in [-0.1, -0.05) is 42.5 Å². The first-order chi connectivity index (χ1) is 10.2. The highest BCUT2D eigenvalue weighted by atomic mass is 127. The first-order valence-electron chi connectivity index (χ1n) is 7.27. The normalized spacial score (nSPS) is 20.7. The Hall–Kier alpha value is -1.36. The molecule has 0 aliphatic heterocycles. The molecule has 1 aliphatic rings. The monoisotopic (exact) mass is 391 g/mol. The van der Waals surface area contributed by atoms with Gasteiger partial charge in [-0.25, -0.2) is 0 Å². The number of carbonyl (C=O) groups excluding carboxylic acids is 1. The van der Waals surface area contributed by atoms with Gasteiger partial charge in [-0.2, -0.15) is 0 Å². The Morgan fingerprint density at radius 1 is 1.10 bits per heavy atom. The minimum absolute atomic E-state index is 0.0498. The molecule has 21 heavy (non-hydrogen) atoms. The summed E-state index contributed by atoms with van der Waals surface area (Å²) < 4.78 is 1.04. The first kappa shape index (κ1) is 14.6. The fourth-order valence-electron chi connectivity index (χ4n) is 2.84. The number of carbonyl (C=O) groups is 1. The molecule has 1 fully saturated rings. The van der Waals surface area contributed by atoms with Crippen molar-refractivity contribution >= 4 is 28.5 Å². The Labute approximate surface area is 139 Å². The maximum atomic E-state index is 12.5. The topological polar surface area (TPSA) is 29.1 Å². The highest BCUT2D eigenvalue weighted by Crippen LogP contribution is 2.37. The minimum atomic E-state index is 0.0498. The lowest BCUT2D eigenvalue weighted by Crippen LogP contribution is -2.45. The van der Waals surface area contributed by atoms with Crippen LogP contribution in [0.1, 0.15) is 40.2 Å². The van der Waals surface area contributed by atoms with Gasteiger partial charge in [0, 0.05) is 15.5 Å². The average Bonchev–Trinajstić information content (AvgIpc) is 2.47. The predicted molar refractivity (Wildman–Crippen MR) is 93.6 cm³/mol. The summed E-state index contributed by atoms with van der Waals surface area (Å²) in [6.07, 6.45) is 2.22. The van der Waals surface area contributed by atoms with E-state index < -0.39 is 0 Å². The van der Waals surface area contributed by atoms with Crippen LogP contribution in [0.15, 0.2) is 48.5 Å². The molecule has 0 radical (unpaired) electrons. The molecule has 1 saturated carbocycles. The van der Waals surface area contributed by atoms with Gasteiger partial charge in [0.2, 0.25) is 0 Å². The molecule has 0 bridgehead atoms. The van der Waals surface area contributed by atoms with Crippen LogP contribution in [0, 0.1) is 10.5 Å². The van der Waals surface area contributed by atoms with Gasteiger partial charge in [-0.15, -0.1) is 0 Å². The Bertz CT molecular complexity index is 654. The van der Waals surface area contributed by atoms with Gasteiger partial charge in [0.25, 0.3) is 5.91 Å². The SMILES string of the molecule is Cc1cccc(C(=O)N[C@@H]2CC[C@@H]2c2ccccc2)c1I. The third-order valence-electron chi connectivity index (χ3n) is 4.26. The second-order valence-electron chi connectivity index (χ2n) is 5.61. The van der Waals surface area contributed by atoms with Gasteiger partial charge in [0.15, 0.2) is 0 Å². The van der Waals surface area contributed by atoms with E-state index in [-0.39, 0.29) is 11.9 Å². The summed E-state index contributed by atoms with van der Waals surface area (Å²) in [5, 5.41) is 3.21. The highest BCUT2D eigenvalue weighted by Gasteiger charge is 2.33. The molecule has 1 aliphatic carbocycles. The molecule has 0 saturated heterocycles. The molecular weight excluding hydrogens is 373 g/mol. The van der Waals surface area contributed by atoms with E-state index in [9.17, 15) is 4.79 Å². The van der Waals surface area contributed by atoms with Crippen LogP contribution in [-0.4, -0.2) is 11.9 Å². The van der Waals surface area contributed by atoms with Crippen molar-refractivity contribution < 1.29 is 4.79 Å². The van der Waals surface area contributed by atoms with Gasteiger partial charge in [-0.3, -0.25) is 4.79 Å². The summed E-state index contributed by atoms with van der Waals surface area (Å²) in [5.74, 6) is 0.506. The first-order valence-corrected chi connectivity index (χ1v) is 8.35. The van der Waals surface area contributed by atoms with Crippen LogP contribution >= 0.6 is 22.6 Å². The van der Waals surface area contributed by atoms with E-state index >= 15 is 0 Å². The van der Waals surface area contributed by atoms with E-state index in [2.05, 4.69) is 52.2 Å². The van der Waals surface area contributed by atoms with E-state index in [1.165, 1.54) is 5.56 Å². The van der Waals surface area contributed by atoms with E-state index in [0.717, 1.165) is 27.5 Å². The molecule has 2 aromatic carbocycles. The molecule has 2 atom stereocenters. The van der Waals surface area contributed by atoms with Gasteiger partial charge < -0.3 is 5.32 Å². The van der Waals surface area contributed by atoms with Crippen LogP contribution in [0.4, 0.5) is 0 Å².